The van der Waals surface area contributed by atoms with Gasteiger partial charge in [0.1, 0.15) is 5.82 Å². The Kier molecular flexibility index (Phi) is 4.11. The van der Waals surface area contributed by atoms with Crippen LogP contribution in [0.2, 0.25) is 5.02 Å². The van der Waals surface area contributed by atoms with Crippen molar-refractivity contribution >= 4 is 39.1 Å². The summed E-state index contributed by atoms with van der Waals surface area (Å²) in [7, 11) is 0. The molecular formula is C12H6BrClF2N2O. The average molecular weight is 348 g/mol. The highest BCUT2D eigenvalue weighted by atomic mass is 79.9. The van der Waals surface area contributed by atoms with Crippen LogP contribution in [-0.4, -0.2) is 10.9 Å². The molecular weight excluding hydrogens is 341 g/mol. The Morgan fingerprint density at radius 3 is 2.63 bits per heavy atom. The lowest BCUT2D eigenvalue weighted by molar-refractivity contribution is 0.102. The second-order valence-electron chi connectivity index (χ2n) is 3.57. The van der Waals surface area contributed by atoms with Gasteiger partial charge in [-0.25, -0.2) is 9.37 Å². The van der Waals surface area contributed by atoms with E-state index in [9.17, 15) is 13.6 Å². The van der Waals surface area contributed by atoms with Gasteiger partial charge in [0, 0.05) is 10.7 Å². The van der Waals surface area contributed by atoms with Crippen molar-refractivity contribution in [3.63, 3.8) is 0 Å². The standard InChI is InChI=1S/C12H6BrClF2N2O/c13-8-3-7(15)4-9(14)11(8)18-12(19)6-1-2-10(16)17-5-6/h1-5H,(H,18,19). The van der Waals surface area contributed by atoms with Crippen LogP contribution in [0.5, 0.6) is 0 Å². The maximum absolute atomic E-state index is 13.0. The third-order valence-electron chi connectivity index (χ3n) is 2.23. The number of amides is 1. The zero-order chi connectivity index (χ0) is 14.0. The first kappa shape index (κ1) is 13.9. The van der Waals surface area contributed by atoms with E-state index in [2.05, 4.69) is 26.2 Å². The first-order valence-electron chi connectivity index (χ1n) is 5.05. The van der Waals surface area contributed by atoms with Gasteiger partial charge < -0.3 is 5.32 Å². The van der Waals surface area contributed by atoms with Crippen molar-refractivity contribution in [2.45, 2.75) is 0 Å². The van der Waals surface area contributed by atoms with E-state index in [1.165, 1.54) is 12.1 Å². The lowest BCUT2D eigenvalue weighted by atomic mass is 10.2. The largest absolute Gasteiger partial charge is 0.320 e. The van der Waals surface area contributed by atoms with Crippen LogP contribution in [0.25, 0.3) is 0 Å². The van der Waals surface area contributed by atoms with Gasteiger partial charge in [-0.2, -0.15) is 4.39 Å². The summed E-state index contributed by atoms with van der Waals surface area (Å²) in [5.41, 5.74) is 0.395. The highest BCUT2D eigenvalue weighted by Gasteiger charge is 2.13. The SMILES string of the molecule is O=C(Nc1c(Cl)cc(F)cc1Br)c1ccc(F)nc1. The molecule has 1 aromatic heterocycles. The molecule has 0 bridgehead atoms. The molecule has 0 radical (unpaired) electrons. The van der Waals surface area contributed by atoms with E-state index >= 15 is 0 Å². The van der Waals surface area contributed by atoms with Gasteiger partial charge in [-0.1, -0.05) is 11.6 Å². The molecule has 2 aromatic rings. The molecule has 0 aliphatic carbocycles. The summed E-state index contributed by atoms with van der Waals surface area (Å²) in [5, 5.41) is 2.55. The summed E-state index contributed by atoms with van der Waals surface area (Å²) >= 11 is 8.93. The van der Waals surface area contributed by atoms with Gasteiger partial charge in [0.2, 0.25) is 5.95 Å². The summed E-state index contributed by atoms with van der Waals surface area (Å²) in [4.78, 5) is 15.2. The molecule has 2 rings (SSSR count). The van der Waals surface area contributed by atoms with Crippen molar-refractivity contribution in [3.05, 3.63) is 57.3 Å². The van der Waals surface area contributed by atoms with E-state index in [1.807, 2.05) is 0 Å². The highest BCUT2D eigenvalue weighted by Crippen LogP contribution is 2.31. The van der Waals surface area contributed by atoms with Crippen molar-refractivity contribution < 1.29 is 13.6 Å². The van der Waals surface area contributed by atoms with E-state index in [0.717, 1.165) is 18.3 Å². The van der Waals surface area contributed by atoms with Crippen LogP contribution < -0.4 is 5.32 Å². The first-order chi connectivity index (χ1) is 8.97. The molecule has 0 saturated heterocycles. The van der Waals surface area contributed by atoms with Gasteiger partial charge in [-0.05, 0) is 40.2 Å². The highest BCUT2D eigenvalue weighted by molar-refractivity contribution is 9.10. The Labute approximate surface area is 120 Å². The minimum absolute atomic E-state index is 0.0512. The normalized spacial score (nSPS) is 10.3. The Morgan fingerprint density at radius 1 is 1.32 bits per heavy atom. The third-order valence-corrected chi connectivity index (χ3v) is 3.16. The molecule has 0 fully saturated rings. The number of carbonyl (C=O) groups excluding carboxylic acids is 1. The number of carbonyl (C=O) groups is 1. The number of benzene rings is 1. The lowest BCUT2D eigenvalue weighted by Gasteiger charge is -2.09. The molecule has 3 nitrogen and oxygen atoms in total. The number of halogens is 4. The summed E-state index contributed by atoms with van der Waals surface area (Å²) in [5.74, 6) is -1.74. The minimum Gasteiger partial charge on any atom is -0.320 e. The Bertz CT molecular complexity index is 611. The number of aromatic nitrogens is 1. The van der Waals surface area contributed by atoms with Crippen LogP contribution in [0.15, 0.2) is 34.9 Å². The van der Waals surface area contributed by atoms with Crippen LogP contribution in [0.3, 0.4) is 0 Å². The average Bonchev–Trinajstić information content (AvgIpc) is 2.34. The predicted molar refractivity (Wildman–Crippen MR) is 71.3 cm³/mol. The molecule has 0 spiro atoms. The zero-order valence-electron chi connectivity index (χ0n) is 9.25. The Morgan fingerprint density at radius 2 is 2.05 bits per heavy atom. The van der Waals surface area contributed by atoms with E-state index in [0.29, 0.717) is 4.47 Å². The molecule has 0 saturated carbocycles. The second-order valence-corrected chi connectivity index (χ2v) is 4.83. The molecule has 1 heterocycles. The van der Waals surface area contributed by atoms with Gasteiger partial charge in [0.15, 0.2) is 0 Å². The van der Waals surface area contributed by atoms with Crippen molar-refractivity contribution in [2.75, 3.05) is 5.32 Å². The van der Waals surface area contributed by atoms with E-state index in [1.54, 1.807) is 0 Å². The van der Waals surface area contributed by atoms with Gasteiger partial charge in [0.05, 0.1) is 16.3 Å². The van der Waals surface area contributed by atoms with Crippen molar-refractivity contribution in [1.82, 2.24) is 4.98 Å². The zero-order valence-corrected chi connectivity index (χ0v) is 11.6. The number of pyridine rings is 1. The summed E-state index contributed by atoms with van der Waals surface area (Å²) in [6, 6.07) is 4.59. The van der Waals surface area contributed by atoms with Crippen LogP contribution >= 0.6 is 27.5 Å². The molecule has 0 aliphatic rings. The lowest BCUT2D eigenvalue weighted by Crippen LogP contribution is -2.13. The minimum atomic E-state index is -0.683. The smallest absolute Gasteiger partial charge is 0.257 e. The number of anilines is 1. The summed E-state index contributed by atoms with van der Waals surface area (Å²) < 4.78 is 26.0. The fraction of sp³-hybridized carbons (Fsp3) is 0. The van der Waals surface area contributed by atoms with Crippen LogP contribution in [0.4, 0.5) is 14.5 Å². The molecule has 0 atom stereocenters. The fourth-order valence-corrected chi connectivity index (χ4v) is 2.26. The molecule has 1 amide bonds. The van der Waals surface area contributed by atoms with Gasteiger partial charge in [0.25, 0.3) is 5.91 Å². The Balaban J connectivity index is 2.26. The van der Waals surface area contributed by atoms with E-state index in [-0.39, 0.29) is 16.3 Å². The Hall–Kier alpha value is -1.53. The number of rotatable bonds is 2. The predicted octanol–water partition coefficient (Wildman–Crippen LogP) is 4.03. The molecule has 7 heteroatoms. The molecule has 1 aromatic carbocycles. The quantitative estimate of drug-likeness (QED) is 0.834. The number of hydrogen-bond acceptors (Lipinski definition) is 2. The first-order valence-corrected chi connectivity index (χ1v) is 6.22. The topological polar surface area (TPSA) is 42.0 Å². The van der Waals surface area contributed by atoms with Gasteiger partial charge in [-0.3, -0.25) is 4.79 Å². The molecule has 0 unspecified atom stereocenters. The summed E-state index contributed by atoms with van der Waals surface area (Å²) in [6.07, 6.45) is 1.09. The van der Waals surface area contributed by atoms with Crippen molar-refractivity contribution in [1.29, 1.82) is 0 Å². The number of nitrogens with zero attached hydrogens (tertiary/aromatic N) is 1. The van der Waals surface area contributed by atoms with Crippen molar-refractivity contribution in [2.24, 2.45) is 0 Å². The second kappa shape index (κ2) is 5.63. The molecule has 98 valence electrons. The molecule has 0 aliphatic heterocycles. The monoisotopic (exact) mass is 346 g/mol. The van der Waals surface area contributed by atoms with E-state index in [4.69, 9.17) is 11.6 Å². The van der Waals surface area contributed by atoms with Crippen LogP contribution in [0, 0.1) is 11.8 Å². The molecule has 19 heavy (non-hydrogen) atoms. The van der Waals surface area contributed by atoms with Crippen LogP contribution in [-0.2, 0) is 0 Å². The maximum Gasteiger partial charge on any atom is 0.257 e. The van der Waals surface area contributed by atoms with Crippen molar-refractivity contribution in [3.8, 4) is 0 Å². The fourth-order valence-electron chi connectivity index (χ4n) is 1.36. The molecule has 1 N–H and O–H groups in total. The number of hydrogen-bond donors (Lipinski definition) is 1. The van der Waals surface area contributed by atoms with Gasteiger partial charge >= 0.3 is 0 Å². The third kappa shape index (κ3) is 3.27. The van der Waals surface area contributed by atoms with Crippen LogP contribution in [0.1, 0.15) is 10.4 Å². The summed E-state index contributed by atoms with van der Waals surface area (Å²) in [6.45, 7) is 0. The van der Waals surface area contributed by atoms with E-state index < -0.39 is 17.7 Å². The van der Waals surface area contributed by atoms with Gasteiger partial charge in [-0.15, -0.1) is 0 Å². The maximum atomic E-state index is 13.0. The number of nitrogens with one attached hydrogen (secondary N) is 1.